The first-order chi connectivity index (χ1) is 7.68. The van der Waals surface area contributed by atoms with Gasteiger partial charge in [-0.15, -0.1) is 0 Å². The first kappa shape index (κ1) is 11.9. The number of amides is 1. The van der Waals surface area contributed by atoms with Crippen LogP contribution in [-0.2, 0) is 4.79 Å². The van der Waals surface area contributed by atoms with Crippen molar-refractivity contribution < 1.29 is 4.79 Å². The van der Waals surface area contributed by atoms with Crippen LogP contribution in [0, 0.1) is 5.92 Å². The zero-order valence-corrected chi connectivity index (χ0v) is 10.5. The van der Waals surface area contributed by atoms with Crippen LogP contribution >= 0.6 is 0 Å². The molecule has 1 amide bonds. The Labute approximate surface area is 98.6 Å². The van der Waals surface area contributed by atoms with E-state index in [0.717, 1.165) is 13.1 Å². The van der Waals surface area contributed by atoms with Gasteiger partial charge in [0.2, 0.25) is 5.91 Å². The molecule has 1 heterocycles. The first-order valence-electron chi connectivity index (χ1n) is 6.72. The topological polar surface area (TPSA) is 32.3 Å². The molecule has 0 aromatic rings. The lowest BCUT2D eigenvalue weighted by Gasteiger charge is -2.35. The molecule has 1 saturated heterocycles. The van der Waals surface area contributed by atoms with Crippen LogP contribution in [0.5, 0.6) is 0 Å². The smallest absolute Gasteiger partial charge is 0.239 e. The third-order valence-corrected chi connectivity index (χ3v) is 3.95. The highest BCUT2D eigenvalue weighted by atomic mass is 16.2. The van der Waals surface area contributed by atoms with Gasteiger partial charge in [0.25, 0.3) is 0 Å². The summed E-state index contributed by atoms with van der Waals surface area (Å²) < 4.78 is 0. The predicted octanol–water partition coefficient (Wildman–Crippen LogP) is 1.78. The normalized spacial score (nSPS) is 33.9. The molecule has 1 aliphatic carbocycles. The molecule has 3 nitrogen and oxygen atoms in total. The van der Waals surface area contributed by atoms with Crippen molar-refractivity contribution in [3.63, 3.8) is 0 Å². The summed E-state index contributed by atoms with van der Waals surface area (Å²) >= 11 is 0. The van der Waals surface area contributed by atoms with E-state index in [1.807, 2.05) is 6.92 Å². The second-order valence-corrected chi connectivity index (χ2v) is 5.52. The number of carbonyl (C=O) groups is 1. The highest BCUT2D eigenvalue weighted by Crippen LogP contribution is 2.24. The zero-order valence-electron chi connectivity index (χ0n) is 10.5. The van der Waals surface area contributed by atoms with Gasteiger partial charge in [0.05, 0.1) is 6.04 Å². The number of hydrogen-bond acceptors (Lipinski definition) is 2. The standard InChI is InChI=1S/C13H24N2O/c1-10-8-14-11(2)13(16)15(9-10)12-6-4-3-5-7-12/h10-12,14H,3-9H2,1-2H3. The van der Waals surface area contributed by atoms with Gasteiger partial charge < -0.3 is 10.2 Å². The van der Waals surface area contributed by atoms with Crippen LogP contribution in [0.4, 0.5) is 0 Å². The van der Waals surface area contributed by atoms with Gasteiger partial charge in [-0.25, -0.2) is 0 Å². The van der Waals surface area contributed by atoms with Crippen LogP contribution in [0.2, 0.25) is 0 Å². The Balaban J connectivity index is 2.06. The summed E-state index contributed by atoms with van der Waals surface area (Å²) in [5.41, 5.74) is 0. The zero-order chi connectivity index (χ0) is 11.5. The molecule has 0 radical (unpaired) electrons. The average Bonchev–Trinajstić information content (AvgIpc) is 2.44. The van der Waals surface area contributed by atoms with E-state index >= 15 is 0 Å². The first-order valence-corrected chi connectivity index (χ1v) is 6.72. The Bertz CT molecular complexity index is 248. The molecule has 1 aliphatic heterocycles. The van der Waals surface area contributed by atoms with Crippen molar-refractivity contribution in [1.82, 2.24) is 10.2 Å². The molecule has 2 unspecified atom stereocenters. The SMILES string of the molecule is CC1CNC(C)C(=O)N(C2CCCCC2)C1. The summed E-state index contributed by atoms with van der Waals surface area (Å²) in [6, 6.07) is 0.526. The Hall–Kier alpha value is -0.570. The van der Waals surface area contributed by atoms with Gasteiger partial charge in [-0.05, 0) is 25.7 Å². The van der Waals surface area contributed by atoms with Crippen molar-refractivity contribution in [2.24, 2.45) is 5.92 Å². The minimum Gasteiger partial charge on any atom is -0.338 e. The van der Waals surface area contributed by atoms with Gasteiger partial charge in [-0.2, -0.15) is 0 Å². The molecule has 2 rings (SSSR count). The highest BCUT2D eigenvalue weighted by Gasteiger charge is 2.31. The van der Waals surface area contributed by atoms with Crippen LogP contribution in [0.15, 0.2) is 0 Å². The lowest BCUT2D eigenvalue weighted by atomic mass is 9.93. The monoisotopic (exact) mass is 224 g/mol. The molecular formula is C13H24N2O. The summed E-state index contributed by atoms with van der Waals surface area (Å²) in [6.07, 6.45) is 6.37. The number of nitrogens with zero attached hydrogens (tertiary/aromatic N) is 1. The van der Waals surface area contributed by atoms with Crippen LogP contribution in [0.3, 0.4) is 0 Å². The van der Waals surface area contributed by atoms with Crippen LogP contribution < -0.4 is 5.32 Å². The van der Waals surface area contributed by atoms with E-state index in [2.05, 4.69) is 17.1 Å². The lowest BCUT2D eigenvalue weighted by molar-refractivity contribution is -0.135. The van der Waals surface area contributed by atoms with Crippen molar-refractivity contribution in [3.05, 3.63) is 0 Å². The van der Waals surface area contributed by atoms with Crippen LogP contribution in [-0.4, -0.2) is 36.0 Å². The van der Waals surface area contributed by atoms with Gasteiger partial charge in [-0.1, -0.05) is 26.2 Å². The van der Waals surface area contributed by atoms with Crippen molar-refractivity contribution in [2.45, 2.75) is 58.0 Å². The molecule has 3 heteroatoms. The molecule has 0 aromatic carbocycles. The summed E-state index contributed by atoms with van der Waals surface area (Å²) in [6.45, 7) is 6.14. The molecule has 2 atom stereocenters. The number of hydrogen-bond donors (Lipinski definition) is 1. The maximum absolute atomic E-state index is 12.3. The quantitative estimate of drug-likeness (QED) is 0.736. The maximum atomic E-state index is 12.3. The summed E-state index contributed by atoms with van der Waals surface area (Å²) in [7, 11) is 0. The fraction of sp³-hybridized carbons (Fsp3) is 0.923. The molecule has 0 aromatic heterocycles. The van der Waals surface area contributed by atoms with Gasteiger partial charge in [0.1, 0.15) is 0 Å². The van der Waals surface area contributed by atoms with E-state index in [0.29, 0.717) is 17.9 Å². The Morgan fingerprint density at radius 2 is 1.88 bits per heavy atom. The molecule has 0 bridgehead atoms. The van der Waals surface area contributed by atoms with Crippen molar-refractivity contribution >= 4 is 5.91 Å². The molecular weight excluding hydrogens is 200 g/mol. The van der Waals surface area contributed by atoms with Crippen molar-refractivity contribution in [1.29, 1.82) is 0 Å². The molecule has 2 fully saturated rings. The van der Waals surface area contributed by atoms with E-state index < -0.39 is 0 Å². The minimum atomic E-state index is 0.00637. The van der Waals surface area contributed by atoms with E-state index in [1.54, 1.807) is 0 Å². The van der Waals surface area contributed by atoms with Crippen molar-refractivity contribution in [3.8, 4) is 0 Å². The Kier molecular flexibility index (Phi) is 3.85. The summed E-state index contributed by atoms with van der Waals surface area (Å²) in [4.78, 5) is 14.4. The maximum Gasteiger partial charge on any atom is 0.239 e. The third-order valence-electron chi connectivity index (χ3n) is 3.95. The van der Waals surface area contributed by atoms with Crippen molar-refractivity contribution in [2.75, 3.05) is 13.1 Å². The second kappa shape index (κ2) is 5.17. The molecule has 1 N–H and O–H groups in total. The van der Waals surface area contributed by atoms with E-state index in [1.165, 1.54) is 32.1 Å². The molecule has 1 saturated carbocycles. The van der Waals surface area contributed by atoms with Gasteiger partial charge in [0.15, 0.2) is 0 Å². The molecule has 16 heavy (non-hydrogen) atoms. The molecule has 92 valence electrons. The van der Waals surface area contributed by atoms with Crippen LogP contribution in [0.1, 0.15) is 46.0 Å². The number of rotatable bonds is 1. The van der Waals surface area contributed by atoms with E-state index in [-0.39, 0.29) is 6.04 Å². The predicted molar refractivity (Wildman–Crippen MR) is 65.2 cm³/mol. The summed E-state index contributed by atoms with van der Waals surface area (Å²) in [5, 5.41) is 3.32. The van der Waals surface area contributed by atoms with Gasteiger partial charge >= 0.3 is 0 Å². The fourth-order valence-corrected chi connectivity index (χ4v) is 2.93. The molecule has 2 aliphatic rings. The Morgan fingerprint density at radius 1 is 1.19 bits per heavy atom. The second-order valence-electron chi connectivity index (χ2n) is 5.52. The van der Waals surface area contributed by atoms with E-state index in [4.69, 9.17) is 0 Å². The summed E-state index contributed by atoms with van der Waals surface area (Å²) in [5.74, 6) is 0.895. The number of nitrogens with one attached hydrogen (secondary N) is 1. The third kappa shape index (κ3) is 2.57. The lowest BCUT2D eigenvalue weighted by Crippen LogP contribution is -2.47. The van der Waals surface area contributed by atoms with Gasteiger partial charge in [-0.3, -0.25) is 4.79 Å². The van der Waals surface area contributed by atoms with Crippen LogP contribution in [0.25, 0.3) is 0 Å². The largest absolute Gasteiger partial charge is 0.338 e. The highest BCUT2D eigenvalue weighted by molar-refractivity contribution is 5.82. The van der Waals surface area contributed by atoms with E-state index in [9.17, 15) is 4.79 Å². The average molecular weight is 224 g/mol. The van der Waals surface area contributed by atoms with Gasteiger partial charge in [0, 0.05) is 19.1 Å². The minimum absolute atomic E-state index is 0.00637. The number of carbonyl (C=O) groups excluding carboxylic acids is 1. The fourth-order valence-electron chi connectivity index (χ4n) is 2.93. The Morgan fingerprint density at radius 3 is 2.56 bits per heavy atom. The molecule has 0 spiro atoms.